The summed E-state index contributed by atoms with van der Waals surface area (Å²) < 4.78 is 13.3. The maximum absolute atomic E-state index is 13.3. The van der Waals surface area contributed by atoms with Crippen LogP contribution in [0.3, 0.4) is 0 Å². The average Bonchev–Trinajstić information content (AvgIpc) is 2.70. The zero-order chi connectivity index (χ0) is 11.3. The van der Waals surface area contributed by atoms with E-state index in [0.717, 1.165) is 30.5 Å². The number of aromatic amines is 1. The first-order chi connectivity index (χ1) is 7.66. The van der Waals surface area contributed by atoms with Gasteiger partial charge in [-0.3, -0.25) is 4.79 Å². The molecule has 1 aromatic carbocycles. The van der Waals surface area contributed by atoms with Crippen molar-refractivity contribution in [2.45, 2.75) is 19.3 Å². The third-order valence-electron chi connectivity index (χ3n) is 3.08. The molecule has 3 rings (SSSR count). The summed E-state index contributed by atoms with van der Waals surface area (Å²) >= 11 is 5.68. The number of hydrogen-bond acceptors (Lipinski definition) is 1. The number of benzene rings is 1. The lowest BCUT2D eigenvalue weighted by Gasteiger charge is -2.04. The molecule has 0 spiro atoms. The predicted octanol–water partition coefficient (Wildman–Crippen LogP) is 2.81. The first-order valence-electron chi connectivity index (χ1n) is 5.19. The summed E-state index contributed by atoms with van der Waals surface area (Å²) in [4.78, 5) is 15.2. The van der Waals surface area contributed by atoms with Crippen molar-refractivity contribution in [3.8, 4) is 0 Å². The molecular formula is C12H9ClFNO. The van der Waals surface area contributed by atoms with E-state index in [4.69, 9.17) is 11.6 Å². The van der Waals surface area contributed by atoms with Gasteiger partial charge in [0.25, 0.3) is 0 Å². The fraction of sp³-hybridized carbons (Fsp3) is 0.250. The second-order valence-corrected chi connectivity index (χ2v) is 4.48. The third kappa shape index (κ3) is 1.28. The van der Waals surface area contributed by atoms with Gasteiger partial charge in [0.1, 0.15) is 5.82 Å². The first kappa shape index (κ1) is 9.85. The molecular weight excluding hydrogens is 229 g/mol. The van der Waals surface area contributed by atoms with Crippen LogP contribution in [0.1, 0.15) is 17.7 Å². The number of hydrogen-bond donors (Lipinski definition) is 1. The molecule has 1 aliphatic rings. The molecule has 0 saturated carbocycles. The molecule has 0 unspecified atom stereocenters. The van der Waals surface area contributed by atoms with E-state index in [1.165, 1.54) is 12.1 Å². The van der Waals surface area contributed by atoms with Gasteiger partial charge in [-0.25, -0.2) is 4.39 Å². The lowest BCUT2D eigenvalue weighted by atomic mass is 10.1. The van der Waals surface area contributed by atoms with Crippen LogP contribution in [0.2, 0.25) is 5.02 Å². The van der Waals surface area contributed by atoms with Crippen LogP contribution in [0, 0.1) is 5.82 Å². The van der Waals surface area contributed by atoms with E-state index in [-0.39, 0.29) is 10.5 Å². The van der Waals surface area contributed by atoms with E-state index >= 15 is 0 Å². The summed E-state index contributed by atoms with van der Waals surface area (Å²) in [6.07, 6.45) is 2.65. The van der Waals surface area contributed by atoms with Gasteiger partial charge in [-0.15, -0.1) is 0 Å². The van der Waals surface area contributed by atoms with Gasteiger partial charge in [-0.05, 0) is 31.4 Å². The fourth-order valence-electron chi connectivity index (χ4n) is 2.30. The van der Waals surface area contributed by atoms with E-state index in [1.54, 1.807) is 0 Å². The van der Waals surface area contributed by atoms with E-state index in [0.29, 0.717) is 10.9 Å². The van der Waals surface area contributed by atoms with Gasteiger partial charge in [0.05, 0.1) is 10.5 Å². The van der Waals surface area contributed by atoms with Gasteiger partial charge >= 0.3 is 0 Å². The maximum Gasteiger partial charge on any atom is 0.192 e. The Balaban J connectivity index is 2.46. The number of H-pyrrole nitrogens is 1. The number of nitrogens with one attached hydrogen (secondary N) is 1. The van der Waals surface area contributed by atoms with Gasteiger partial charge < -0.3 is 4.98 Å². The number of fused-ring (bicyclic) bond motifs is 2. The van der Waals surface area contributed by atoms with Crippen LogP contribution < -0.4 is 5.43 Å². The van der Waals surface area contributed by atoms with E-state index in [9.17, 15) is 9.18 Å². The van der Waals surface area contributed by atoms with Gasteiger partial charge in [0.2, 0.25) is 0 Å². The molecule has 16 heavy (non-hydrogen) atoms. The molecule has 0 aliphatic heterocycles. The van der Waals surface area contributed by atoms with Crippen molar-refractivity contribution in [2.75, 3.05) is 0 Å². The summed E-state index contributed by atoms with van der Waals surface area (Å²) in [5.41, 5.74) is 2.30. The van der Waals surface area contributed by atoms with Crippen LogP contribution in [0.5, 0.6) is 0 Å². The molecule has 0 saturated heterocycles. The highest BCUT2D eigenvalue weighted by atomic mass is 35.5. The topological polar surface area (TPSA) is 32.9 Å². The first-order valence-corrected chi connectivity index (χ1v) is 5.57. The Morgan fingerprint density at radius 3 is 2.94 bits per heavy atom. The zero-order valence-electron chi connectivity index (χ0n) is 8.44. The fourth-order valence-corrected chi connectivity index (χ4v) is 2.46. The Kier molecular flexibility index (Phi) is 2.04. The summed E-state index contributed by atoms with van der Waals surface area (Å²) in [6, 6.07) is 2.70. The smallest absolute Gasteiger partial charge is 0.192 e. The summed E-state index contributed by atoms with van der Waals surface area (Å²) in [5.74, 6) is -0.497. The molecule has 0 bridgehead atoms. The Morgan fingerprint density at radius 1 is 1.31 bits per heavy atom. The molecule has 0 atom stereocenters. The second kappa shape index (κ2) is 3.32. The molecule has 1 heterocycles. The van der Waals surface area contributed by atoms with Crippen LogP contribution in [-0.4, -0.2) is 4.98 Å². The van der Waals surface area contributed by atoms with Crippen molar-refractivity contribution < 1.29 is 4.39 Å². The number of aryl methyl sites for hydroxylation is 1. The van der Waals surface area contributed by atoms with Crippen LogP contribution in [0.4, 0.5) is 4.39 Å². The summed E-state index contributed by atoms with van der Waals surface area (Å²) in [6.45, 7) is 0. The van der Waals surface area contributed by atoms with Crippen LogP contribution in [0.25, 0.3) is 10.9 Å². The molecule has 2 nitrogen and oxygen atoms in total. The normalized spacial score (nSPS) is 14.4. The Morgan fingerprint density at radius 2 is 2.12 bits per heavy atom. The molecule has 0 fully saturated rings. The number of rotatable bonds is 0. The molecule has 1 aliphatic carbocycles. The number of pyridine rings is 1. The summed E-state index contributed by atoms with van der Waals surface area (Å²) in [7, 11) is 0. The summed E-state index contributed by atoms with van der Waals surface area (Å²) in [5, 5.41) is 0.475. The quantitative estimate of drug-likeness (QED) is 0.751. The Bertz CT molecular complexity index is 647. The molecule has 1 N–H and O–H groups in total. The molecule has 1 aromatic heterocycles. The number of halogens is 2. The minimum atomic E-state index is -0.497. The minimum Gasteiger partial charge on any atom is -0.358 e. The van der Waals surface area contributed by atoms with Crippen molar-refractivity contribution in [2.24, 2.45) is 0 Å². The SMILES string of the molecule is O=c1c2c([nH]c3cc(F)c(Cl)cc13)CCC2. The van der Waals surface area contributed by atoms with Crippen molar-refractivity contribution in [1.82, 2.24) is 4.98 Å². The Hall–Kier alpha value is -1.35. The van der Waals surface area contributed by atoms with Crippen LogP contribution in [-0.2, 0) is 12.8 Å². The van der Waals surface area contributed by atoms with E-state index < -0.39 is 5.82 Å². The highest BCUT2D eigenvalue weighted by Crippen LogP contribution is 2.24. The molecule has 0 amide bonds. The van der Waals surface area contributed by atoms with Crippen molar-refractivity contribution in [3.05, 3.63) is 44.5 Å². The number of aromatic nitrogens is 1. The van der Waals surface area contributed by atoms with Gasteiger partial charge in [0.15, 0.2) is 5.43 Å². The standard InChI is InChI=1S/C12H9ClFNO/c13-8-4-7-11(5-9(8)14)15-10-3-1-2-6(10)12(7)16/h4-5H,1-3H2,(H,15,16). The maximum atomic E-state index is 13.3. The minimum absolute atomic E-state index is 0.00375. The van der Waals surface area contributed by atoms with Gasteiger partial charge in [0, 0.05) is 16.6 Å². The lowest BCUT2D eigenvalue weighted by molar-refractivity contribution is 0.629. The molecule has 82 valence electrons. The average molecular weight is 238 g/mol. The predicted molar refractivity (Wildman–Crippen MR) is 61.6 cm³/mol. The second-order valence-electron chi connectivity index (χ2n) is 4.08. The van der Waals surface area contributed by atoms with E-state index in [1.807, 2.05) is 0 Å². The third-order valence-corrected chi connectivity index (χ3v) is 3.37. The van der Waals surface area contributed by atoms with Crippen LogP contribution >= 0.6 is 11.6 Å². The molecule has 2 aromatic rings. The zero-order valence-corrected chi connectivity index (χ0v) is 9.20. The van der Waals surface area contributed by atoms with Crippen molar-refractivity contribution >= 4 is 22.5 Å². The van der Waals surface area contributed by atoms with Crippen molar-refractivity contribution in [3.63, 3.8) is 0 Å². The largest absolute Gasteiger partial charge is 0.358 e. The monoisotopic (exact) mass is 237 g/mol. The van der Waals surface area contributed by atoms with Crippen LogP contribution in [0.15, 0.2) is 16.9 Å². The van der Waals surface area contributed by atoms with Gasteiger partial charge in [-0.1, -0.05) is 11.6 Å². The van der Waals surface area contributed by atoms with Gasteiger partial charge in [-0.2, -0.15) is 0 Å². The molecule has 4 heteroatoms. The Labute approximate surface area is 96.1 Å². The highest BCUT2D eigenvalue weighted by Gasteiger charge is 2.17. The molecule has 0 radical (unpaired) electrons. The van der Waals surface area contributed by atoms with Crippen molar-refractivity contribution in [1.29, 1.82) is 0 Å². The lowest BCUT2D eigenvalue weighted by Crippen LogP contribution is -2.10. The van der Waals surface area contributed by atoms with E-state index in [2.05, 4.69) is 4.98 Å². The highest BCUT2D eigenvalue weighted by molar-refractivity contribution is 6.31.